The fraction of sp³-hybridized carbons (Fsp3) is 0.385. The van der Waals surface area contributed by atoms with Gasteiger partial charge in [-0.3, -0.25) is 0 Å². The summed E-state index contributed by atoms with van der Waals surface area (Å²) in [5.74, 6) is -0.978. The number of carbonyl (C=O) groups excluding carboxylic acids is 2. The second-order valence-corrected chi connectivity index (χ2v) is 3.58. The normalized spacial score (nSPS) is 9.80. The molecule has 0 N–H and O–H groups in total. The first-order chi connectivity index (χ1) is 9.58. The lowest BCUT2D eigenvalue weighted by molar-refractivity contribution is 0.0449. The van der Waals surface area contributed by atoms with Crippen molar-refractivity contribution in [2.45, 2.75) is 0 Å². The van der Waals surface area contributed by atoms with E-state index in [4.69, 9.17) is 14.2 Å². The third-order valence-electron chi connectivity index (χ3n) is 2.44. The summed E-state index contributed by atoms with van der Waals surface area (Å²) < 4.78 is 24.4. The lowest BCUT2D eigenvalue weighted by Gasteiger charge is -2.14. The highest BCUT2D eigenvalue weighted by Crippen LogP contribution is 2.30. The second kappa shape index (κ2) is 7.34. The molecule has 0 aliphatic heterocycles. The van der Waals surface area contributed by atoms with E-state index in [1.165, 1.54) is 40.6 Å². The highest BCUT2D eigenvalue weighted by Gasteiger charge is 2.25. The van der Waals surface area contributed by atoms with Crippen molar-refractivity contribution in [2.75, 3.05) is 35.2 Å². The highest BCUT2D eigenvalue weighted by atomic mass is 16.7. The number of hydrogen-bond donors (Lipinski definition) is 0. The lowest BCUT2D eigenvalue weighted by atomic mass is 10.1. The molecule has 0 saturated carbocycles. The van der Waals surface area contributed by atoms with E-state index < -0.39 is 11.9 Å². The molecule has 0 heterocycles. The minimum Gasteiger partial charge on any atom is -0.497 e. The van der Waals surface area contributed by atoms with Gasteiger partial charge >= 0.3 is 11.9 Å². The predicted molar refractivity (Wildman–Crippen MR) is 68.2 cm³/mol. The Bertz CT molecular complexity index is 496. The number of rotatable bonds is 6. The summed E-state index contributed by atoms with van der Waals surface area (Å²) in [6.07, 6.45) is 0. The summed E-state index contributed by atoms with van der Waals surface area (Å²) >= 11 is 0. The van der Waals surface area contributed by atoms with Crippen LogP contribution in [0.3, 0.4) is 0 Å². The van der Waals surface area contributed by atoms with Gasteiger partial charge in [-0.15, -0.1) is 0 Å². The van der Waals surface area contributed by atoms with Crippen LogP contribution in [-0.2, 0) is 14.2 Å². The van der Waals surface area contributed by atoms with Crippen LogP contribution in [0.15, 0.2) is 12.1 Å². The molecular formula is C13H16O7. The summed E-state index contributed by atoms with van der Waals surface area (Å²) in [4.78, 5) is 23.6. The molecule has 7 heteroatoms. The van der Waals surface area contributed by atoms with E-state index in [-0.39, 0.29) is 23.7 Å². The van der Waals surface area contributed by atoms with Crippen LogP contribution in [0.1, 0.15) is 20.7 Å². The van der Waals surface area contributed by atoms with E-state index in [0.717, 1.165) is 0 Å². The van der Waals surface area contributed by atoms with Crippen molar-refractivity contribution in [1.82, 2.24) is 0 Å². The van der Waals surface area contributed by atoms with Crippen molar-refractivity contribution in [2.24, 2.45) is 0 Å². The standard InChI is InChI=1S/C13H16O7/c1-16-7-20-10-6-8(17-2)5-9(12(14)18-3)11(10)13(15)19-4/h5-6H,7H2,1-4H3. The molecule has 0 aliphatic rings. The molecule has 0 unspecified atom stereocenters. The van der Waals surface area contributed by atoms with E-state index in [2.05, 4.69) is 9.47 Å². The van der Waals surface area contributed by atoms with Crippen molar-refractivity contribution in [3.05, 3.63) is 23.3 Å². The molecule has 0 bridgehead atoms. The Kier molecular flexibility index (Phi) is 5.79. The molecule has 0 radical (unpaired) electrons. The van der Waals surface area contributed by atoms with Crippen LogP contribution in [0, 0.1) is 0 Å². The summed E-state index contributed by atoms with van der Waals surface area (Å²) in [6.45, 7) is -0.0994. The largest absolute Gasteiger partial charge is 0.497 e. The third kappa shape index (κ3) is 3.39. The SMILES string of the molecule is COCOc1cc(OC)cc(C(=O)OC)c1C(=O)OC. The Balaban J connectivity index is 3.44. The fourth-order valence-electron chi connectivity index (χ4n) is 1.53. The Morgan fingerprint density at radius 3 is 2.15 bits per heavy atom. The molecule has 0 spiro atoms. The van der Waals surface area contributed by atoms with Gasteiger partial charge in [-0.1, -0.05) is 0 Å². The van der Waals surface area contributed by atoms with Gasteiger partial charge in [0.15, 0.2) is 6.79 Å². The lowest BCUT2D eigenvalue weighted by Crippen LogP contribution is -2.15. The number of esters is 2. The fourth-order valence-corrected chi connectivity index (χ4v) is 1.53. The van der Waals surface area contributed by atoms with Crippen LogP contribution in [0.2, 0.25) is 0 Å². The van der Waals surface area contributed by atoms with Crippen LogP contribution < -0.4 is 9.47 Å². The van der Waals surface area contributed by atoms with Crippen LogP contribution in [0.5, 0.6) is 11.5 Å². The minimum absolute atomic E-state index is 0.00944. The maximum absolute atomic E-state index is 11.8. The zero-order valence-corrected chi connectivity index (χ0v) is 11.7. The minimum atomic E-state index is -0.723. The Hall–Kier alpha value is -2.28. The number of methoxy groups -OCH3 is 4. The summed E-state index contributed by atoms with van der Waals surface area (Å²) in [6, 6.07) is 2.83. The van der Waals surface area contributed by atoms with Crippen LogP contribution in [0.4, 0.5) is 0 Å². The molecule has 0 fully saturated rings. The van der Waals surface area contributed by atoms with Crippen LogP contribution in [-0.4, -0.2) is 47.2 Å². The Morgan fingerprint density at radius 1 is 1.00 bits per heavy atom. The van der Waals surface area contributed by atoms with Crippen molar-refractivity contribution in [1.29, 1.82) is 0 Å². The number of hydrogen-bond acceptors (Lipinski definition) is 7. The first-order valence-corrected chi connectivity index (χ1v) is 5.59. The van der Waals surface area contributed by atoms with Gasteiger partial charge in [0.2, 0.25) is 0 Å². The topological polar surface area (TPSA) is 80.3 Å². The van der Waals surface area contributed by atoms with Crippen molar-refractivity contribution in [3.63, 3.8) is 0 Å². The zero-order valence-electron chi connectivity index (χ0n) is 11.7. The van der Waals surface area contributed by atoms with Crippen LogP contribution >= 0.6 is 0 Å². The zero-order chi connectivity index (χ0) is 15.1. The van der Waals surface area contributed by atoms with E-state index >= 15 is 0 Å². The van der Waals surface area contributed by atoms with E-state index in [1.54, 1.807) is 0 Å². The molecule has 0 aromatic heterocycles. The molecule has 1 aromatic carbocycles. The number of benzene rings is 1. The molecule has 1 rings (SSSR count). The van der Waals surface area contributed by atoms with Gasteiger partial charge < -0.3 is 23.7 Å². The summed E-state index contributed by atoms with van der Waals surface area (Å²) in [5.41, 5.74) is -0.0537. The molecule has 0 amide bonds. The van der Waals surface area contributed by atoms with Crippen molar-refractivity contribution in [3.8, 4) is 11.5 Å². The average Bonchev–Trinajstić information content (AvgIpc) is 2.50. The maximum atomic E-state index is 11.8. The molecule has 7 nitrogen and oxygen atoms in total. The van der Waals surface area contributed by atoms with E-state index in [0.29, 0.717) is 5.75 Å². The predicted octanol–water partition coefficient (Wildman–Crippen LogP) is 1.25. The van der Waals surface area contributed by atoms with E-state index in [9.17, 15) is 9.59 Å². The van der Waals surface area contributed by atoms with Gasteiger partial charge in [0.1, 0.15) is 17.1 Å². The average molecular weight is 284 g/mol. The van der Waals surface area contributed by atoms with Crippen molar-refractivity contribution >= 4 is 11.9 Å². The van der Waals surface area contributed by atoms with Crippen LogP contribution in [0.25, 0.3) is 0 Å². The van der Waals surface area contributed by atoms with E-state index in [1.807, 2.05) is 0 Å². The maximum Gasteiger partial charge on any atom is 0.342 e. The van der Waals surface area contributed by atoms with Gasteiger partial charge in [-0.25, -0.2) is 9.59 Å². The molecule has 110 valence electrons. The first-order valence-electron chi connectivity index (χ1n) is 5.59. The Labute approximate surface area is 116 Å². The van der Waals surface area contributed by atoms with Gasteiger partial charge in [0.05, 0.1) is 26.9 Å². The summed E-state index contributed by atoms with van der Waals surface area (Å²) in [5, 5.41) is 0. The van der Waals surface area contributed by atoms with Gasteiger partial charge in [-0.05, 0) is 6.07 Å². The molecule has 0 saturated heterocycles. The number of ether oxygens (including phenoxy) is 5. The Morgan fingerprint density at radius 2 is 1.65 bits per heavy atom. The van der Waals surface area contributed by atoms with Crippen molar-refractivity contribution < 1.29 is 33.3 Å². The molecule has 0 aliphatic carbocycles. The van der Waals surface area contributed by atoms with Gasteiger partial charge in [0.25, 0.3) is 0 Å². The van der Waals surface area contributed by atoms with Gasteiger partial charge in [-0.2, -0.15) is 0 Å². The smallest absolute Gasteiger partial charge is 0.342 e. The monoisotopic (exact) mass is 284 g/mol. The summed E-state index contributed by atoms with van der Waals surface area (Å²) in [7, 11) is 5.26. The molecular weight excluding hydrogens is 268 g/mol. The third-order valence-corrected chi connectivity index (χ3v) is 2.44. The first kappa shape index (κ1) is 15.8. The molecule has 0 atom stereocenters. The second-order valence-electron chi connectivity index (χ2n) is 3.58. The van der Waals surface area contributed by atoms with Gasteiger partial charge in [0, 0.05) is 13.2 Å². The quantitative estimate of drug-likeness (QED) is 0.574. The molecule has 1 aromatic rings. The molecule has 20 heavy (non-hydrogen) atoms. The highest BCUT2D eigenvalue weighted by molar-refractivity contribution is 6.05. The number of carbonyl (C=O) groups is 2.